The number of benzene rings is 1. The number of nitro benzene ring substituents is 1. The molecule has 5 rings (SSSR count). The molecule has 1 aromatic rings. The average Bonchev–Trinajstić information content (AvgIpc) is 2.64. The van der Waals surface area contributed by atoms with Crippen LogP contribution in [0.4, 0.5) is 11.4 Å². The Bertz CT molecular complexity index is 940. The van der Waals surface area contributed by atoms with Crippen molar-refractivity contribution in [2.75, 3.05) is 18.1 Å². The van der Waals surface area contributed by atoms with Gasteiger partial charge in [-0.05, 0) is 80.8 Å². The van der Waals surface area contributed by atoms with Crippen molar-refractivity contribution in [2.24, 2.45) is 23.2 Å². The number of rotatable bonds is 7. The molecule has 2 N–H and O–H groups in total. The molecule has 0 saturated heterocycles. The van der Waals surface area contributed by atoms with Crippen LogP contribution >= 0.6 is 0 Å². The highest BCUT2D eigenvalue weighted by atomic mass is 32.2. The third-order valence-electron chi connectivity index (χ3n) is 7.42. The summed E-state index contributed by atoms with van der Waals surface area (Å²) in [6.45, 7) is 1.99. The Hall–Kier alpha value is -2.16. The van der Waals surface area contributed by atoms with Crippen LogP contribution in [0.1, 0.15) is 45.4 Å². The maximum Gasteiger partial charge on any atom is 0.293 e. The first-order valence-corrected chi connectivity index (χ1v) is 12.5. The molecule has 0 aliphatic heterocycles. The molecule has 9 heteroatoms. The minimum absolute atomic E-state index is 0.0720. The summed E-state index contributed by atoms with van der Waals surface area (Å²) in [5.74, 6) is 2.18. The molecule has 8 nitrogen and oxygen atoms in total. The zero-order valence-corrected chi connectivity index (χ0v) is 18.2. The van der Waals surface area contributed by atoms with E-state index in [-0.39, 0.29) is 40.2 Å². The van der Waals surface area contributed by atoms with Crippen molar-refractivity contribution >= 4 is 27.1 Å². The lowest BCUT2D eigenvalue weighted by atomic mass is 9.48. The molecule has 1 atom stereocenters. The lowest BCUT2D eigenvalue weighted by molar-refractivity contribution is -0.384. The second-order valence-corrected chi connectivity index (χ2v) is 11.6. The SMILES string of the molecule is C[C@H](NC(=O)CNc1ccc(S(C)(=O)=O)cc1[N+](=O)[O-])C12CC3CC(CC(C3)C1)C2. The predicted molar refractivity (Wildman–Crippen MR) is 113 cm³/mol. The third kappa shape index (κ3) is 4.04. The molecule has 0 radical (unpaired) electrons. The van der Waals surface area contributed by atoms with Gasteiger partial charge in [-0.15, -0.1) is 0 Å². The van der Waals surface area contributed by atoms with Crippen LogP contribution in [0.5, 0.6) is 0 Å². The molecule has 4 aliphatic carbocycles. The van der Waals surface area contributed by atoms with Crippen molar-refractivity contribution in [3.05, 3.63) is 28.3 Å². The second-order valence-electron chi connectivity index (χ2n) is 9.63. The monoisotopic (exact) mass is 435 g/mol. The van der Waals surface area contributed by atoms with Gasteiger partial charge in [0.15, 0.2) is 9.84 Å². The quantitative estimate of drug-likeness (QED) is 0.502. The molecule has 0 spiro atoms. The van der Waals surface area contributed by atoms with Crippen LogP contribution < -0.4 is 10.6 Å². The second kappa shape index (κ2) is 7.51. The van der Waals surface area contributed by atoms with Crippen LogP contribution in [0.15, 0.2) is 23.1 Å². The zero-order valence-electron chi connectivity index (χ0n) is 17.4. The van der Waals surface area contributed by atoms with E-state index in [4.69, 9.17) is 0 Å². The molecule has 0 heterocycles. The summed E-state index contributed by atoms with van der Waals surface area (Å²) >= 11 is 0. The number of nitro groups is 1. The molecule has 1 aromatic carbocycles. The normalized spacial score (nSPS) is 30.7. The van der Waals surface area contributed by atoms with Crippen molar-refractivity contribution in [3.8, 4) is 0 Å². The Kier molecular flexibility index (Phi) is 5.28. The van der Waals surface area contributed by atoms with Crippen molar-refractivity contribution in [3.63, 3.8) is 0 Å². The Morgan fingerprint density at radius 1 is 1.20 bits per heavy atom. The first-order valence-electron chi connectivity index (χ1n) is 10.6. The van der Waals surface area contributed by atoms with Gasteiger partial charge in [-0.1, -0.05) is 0 Å². The molecule has 30 heavy (non-hydrogen) atoms. The molecule has 1 amide bonds. The van der Waals surface area contributed by atoms with Gasteiger partial charge in [-0.3, -0.25) is 14.9 Å². The summed E-state index contributed by atoms with van der Waals surface area (Å²) in [6.07, 6.45) is 8.58. The van der Waals surface area contributed by atoms with Gasteiger partial charge in [-0.25, -0.2) is 8.42 Å². The molecular formula is C21H29N3O5S. The molecular weight excluding hydrogens is 406 g/mol. The minimum atomic E-state index is -3.56. The van der Waals surface area contributed by atoms with Crippen LogP contribution in [0.2, 0.25) is 0 Å². The van der Waals surface area contributed by atoms with Gasteiger partial charge in [0.05, 0.1) is 16.4 Å². The number of carbonyl (C=O) groups is 1. The molecule has 4 fully saturated rings. The number of nitrogens with one attached hydrogen (secondary N) is 2. The standard InChI is InChI=1S/C21H29N3O5S/c1-13(21-9-14-5-15(10-21)7-16(6-14)11-21)23-20(25)12-22-18-4-3-17(30(2,28)29)8-19(18)24(26)27/h3-4,8,13-16,22H,5-7,9-12H2,1-2H3,(H,23,25)/t13-,14?,15?,16?,21?/m0/s1. The Labute approximate surface area is 176 Å². The fourth-order valence-corrected chi connectivity index (χ4v) is 7.01. The van der Waals surface area contributed by atoms with Crippen molar-refractivity contribution in [2.45, 2.75) is 56.4 Å². The highest BCUT2D eigenvalue weighted by Gasteiger charge is 2.53. The third-order valence-corrected chi connectivity index (χ3v) is 8.53. The number of nitrogens with zero attached hydrogens (tertiary/aromatic N) is 1. The first kappa shape index (κ1) is 21.1. The summed E-state index contributed by atoms with van der Waals surface area (Å²) in [5, 5.41) is 17.3. The van der Waals surface area contributed by atoms with Crippen molar-refractivity contribution < 1.29 is 18.1 Å². The van der Waals surface area contributed by atoms with Gasteiger partial charge < -0.3 is 10.6 Å². The Morgan fingerprint density at radius 3 is 2.27 bits per heavy atom. The smallest absolute Gasteiger partial charge is 0.293 e. The Morgan fingerprint density at radius 2 is 1.77 bits per heavy atom. The molecule has 4 bridgehead atoms. The van der Waals surface area contributed by atoms with E-state index < -0.39 is 14.8 Å². The van der Waals surface area contributed by atoms with E-state index in [2.05, 4.69) is 17.6 Å². The highest BCUT2D eigenvalue weighted by Crippen LogP contribution is 2.61. The lowest BCUT2D eigenvalue weighted by Crippen LogP contribution is -2.56. The number of amides is 1. The molecule has 4 aliphatic rings. The minimum Gasteiger partial charge on any atom is -0.371 e. The summed E-state index contributed by atoms with van der Waals surface area (Å²) < 4.78 is 23.3. The van der Waals surface area contributed by atoms with E-state index in [0.29, 0.717) is 0 Å². The number of sulfone groups is 1. The maximum atomic E-state index is 12.6. The molecule has 0 aromatic heterocycles. The van der Waals surface area contributed by atoms with Crippen LogP contribution in [-0.2, 0) is 14.6 Å². The maximum absolute atomic E-state index is 12.6. The van der Waals surface area contributed by atoms with E-state index in [1.54, 1.807) is 0 Å². The van der Waals surface area contributed by atoms with Gasteiger partial charge in [0.25, 0.3) is 5.69 Å². The van der Waals surface area contributed by atoms with Crippen LogP contribution in [0, 0.1) is 33.3 Å². The van der Waals surface area contributed by atoms with E-state index in [1.807, 2.05) is 0 Å². The van der Waals surface area contributed by atoms with Crippen molar-refractivity contribution in [1.82, 2.24) is 5.32 Å². The topological polar surface area (TPSA) is 118 Å². The summed E-state index contributed by atoms with van der Waals surface area (Å²) in [6, 6.07) is 3.74. The highest BCUT2D eigenvalue weighted by molar-refractivity contribution is 7.90. The van der Waals surface area contributed by atoms with Gasteiger partial charge in [0.1, 0.15) is 5.69 Å². The number of hydrogen-bond acceptors (Lipinski definition) is 6. The Balaban J connectivity index is 1.40. The van der Waals surface area contributed by atoms with Gasteiger partial charge in [0, 0.05) is 18.4 Å². The number of anilines is 1. The molecule has 0 unspecified atom stereocenters. The van der Waals surface area contributed by atoms with Crippen LogP contribution in [-0.4, -0.2) is 38.1 Å². The van der Waals surface area contributed by atoms with E-state index in [0.717, 1.165) is 30.1 Å². The fourth-order valence-electron chi connectivity index (χ4n) is 6.37. The van der Waals surface area contributed by atoms with E-state index in [1.165, 1.54) is 50.7 Å². The average molecular weight is 436 g/mol. The zero-order chi connectivity index (χ0) is 21.7. The number of carbonyl (C=O) groups excluding carboxylic acids is 1. The predicted octanol–water partition coefficient (Wildman–Crippen LogP) is 3.13. The van der Waals surface area contributed by atoms with Gasteiger partial charge >= 0.3 is 0 Å². The summed E-state index contributed by atoms with van der Waals surface area (Å²) in [5.41, 5.74) is -0.0436. The summed E-state index contributed by atoms with van der Waals surface area (Å²) in [4.78, 5) is 23.2. The first-order chi connectivity index (χ1) is 14.1. The molecule has 4 saturated carbocycles. The largest absolute Gasteiger partial charge is 0.371 e. The lowest BCUT2D eigenvalue weighted by Gasteiger charge is -2.59. The van der Waals surface area contributed by atoms with E-state index >= 15 is 0 Å². The summed E-state index contributed by atoms with van der Waals surface area (Å²) in [7, 11) is -3.56. The van der Waals surface area contributed by atoms with Crippen LogP contribution in [0.25, 0.3) is 0 Å². The fraction of sp³-hybridized carbons (Fsp3) is 0.667. The van der Waals surface area contributed by atoms with Gasteiger partial charge in [-0.2, -0.15) is 0 Å². The van der Waals surface area contributed by atoms with Crippen molar-refractivity contribution in [1.29, 1.82) is 0 Å². The van der Waals surface area contributed by atoms with Gasteiger partial charge in [0.2, 0.25) is 5.91 Å². The number of hydrogen-bond donors (Lipinski definition) is 2. The van der Waals surface area contributed by atoms with E-state index in [9.17, 15) is 23.3 Å². The van der Waals surface area contributed by atoms with Crippen LogP contribution in [0.3, 0.4) is 0 Å². The molecule has 164 valence electrons.